The zero-order valence-electron chi connectivity index (χ0n) is 9.11. The monoisotopic (exact) mass is 351 g/mol. The molecule has 2 aromatic rings. The molecule has 2 aromatic carbocycles. The van der Waals surface area contributed by atoms with E-state index in [1.165, 1.54) is 5.56 Å². The molecule has 0 N–H and O–H groups in total. The predicted molar refractivity (Wildman–Crippen MR) is 79.6 cm³/mol. The molecule has 2 rings (SSSR count). The lowest BCUT2D eigenvalue weighted by Crippen LogP contribution is -1.84. The SMILES string of the molecule is Brc1ccc(C=NCc2ccc(Br)cc2)cc1. The standard InChI is InChI=1S/C14H11Br2N/c15-13-5-1-11(2-6-13)9-17-10-12-3-7-14(16)8-4-12/h1-9H,10H2. The summed E-state index contributed by atoms with van der Waals surface area (Å²) in [6, 6.07) is 16.3. The Balaban J connectivity index is 1.97. The van der Waals surface area contributed by atoms with Crippen LogP contribution in [0, 0.1) is 0 Å². The average molecular weight is 353 g/mol. The van der Waals surface area contributed by atoms with Crippen molar-refractivity contribution in [1.82, 2.24) is 0 Å². The summed E-state index contributed by atoms with van der Waals surface area (Å²) < 4.78 is 2.18. The van der Waals surface area contributed by atoms with E-state index >= 15 is 0 Å². The number of aliphatic imine (C=N–C) groups is 1. The van der Waals surface area contributed by atoms with Gasteiger partial charge in [0.25, 0.3) is 0 Å². The van der Waals surface area contributed by atoms with Crippen LogP contribution in [-0.4, -0.2) is 6.21 Å². The van der Waals surface area contributed by atoms with E-state index in [9.17, 15) is 0 Å². The molecule has 0 radical (unpaired) electrons. The lowest BCUT2D eigenvalue weighted by molar-refractivity contribution is 1.08. The Hall–Kier alpha value is -0.930. The molecule has 0 aromatic heterocycles. The minimum atomic E-state index is 0.712. The van der Waals surface area contributed by atoms with Gasteiger partial charge >= 0.3 is 0 Å². The topological polar surface area (TPSA) is 12.4 Å². The molecule has 0 saturated carbocycles. The van der Waals surface area contributed by atoms with Crippen molar-refractivity contribution in [2.45, 2.75) is 6.54 Å². The first kappa shape index (κ1) is 12.5. The van der Waals surface area contributed by atoms with E-state index in [4.69, 9.17) is 0 Å². The largest absolute Gasteiger partial charge is 0.288 e. The zero-order chi connectivity index (χ0) is 12.1. The summed E-state index contributed by atoms with van der Waals surface area (Å²) >= 11 is 6.82. The van der Waals surface area contributed by atoms with Crippen molar-refractivity contribution in [3.8, 4) is 0 Å². The summed E-state index contributed by atoms with van der Waals surface area (Å²) in [5, 5.41) is 0. The van der Waals surface area contributed by atoms with Gasteiger partial charge < -0.3 is 0 Å². The third-order valence-corrected chi connectivity index (χ3v) is 3.35. The summed E-state index contributed by atoms with van der Waals surface area (Å²) in [7, 11) is 0. The van der Waals surface area contributed by atoms with Crippen LogP contribution in [0.3, 0.4) is 0 Å². The van der Waals surface area contributed by atoms with Crippen LogP contribution in [0.1, 0.15) is 11.1 Å². The Labute approximate surface area is 118 Å². The van der Waals surface area contributed by atoms with Crippen LogP contribution in [0.15, 0.2) is 62.5 Å². The minimum absolute atomic E-state index is 0.712. The van der Waals surface area contributed by atoms with Crippen molar-refractivity contribution < 1.29 is 0 Å². The molecule has 0 amide bonds. The number of hydrogen-bond donors (Lipinski definition) is 0. The third kappa shape index (κ3) is 4.10. The fourth-order valence-electron chi connectivity index (χ4n) is 1.40. The van der Waals surface area contributed by atoms with Crippen LogP contribution in [0.5, 0.6) is 0 Å². The molecule has 1 nitrogen and oxygen atoms in total. The second-order valence-electron chi connectivity index (χ2n) is 3.65. The molecule has 0 spiro atoms. The Morgan fingerprint density at radius 1 is 0.824 bits per heavy atom. The molecule has 0 unspecified atom stereocenters. The van der Waals surface area contributed by atoms with E-state index in [-0.39, 0.29) is 0 Å². The molecule has 0 bridgehead atoms. The third-order valence-electron chi connectivity index (χ3n) is 2.30. The Morgan fingerprint density at radius 2 is 1.35 bits per heavy atom. The summed E-state index contributed by atoms with van der Waals surface area (Å²) in [6.07, 6.45) is 1.90. The van der Waals surface area contributed by atoms with Crippen LogP contribution in [-0.2, 0) is 6.54 Å². The van der Waals surface area contributed by atoms with E-state index in [0.29, 0.717) is 6.54 Å². The van der Waals surface area contributed by atoms with Gasteiger partial charge in [-0.15, -0.1) is 0 Å². The maximum atomic E-state index is 4.42. The Morgan fingerprint density at radius 3 is 1.94 bits per heavy atom. The highest BCUT2D eigenvalue weighted by Gasteiger charge is 1.91. The zero-order valence-corrected chi connectivity index (χ0v) is 12.3. The van der Waals surface area contributed by atoms with Crippen molar-refractivity contribution in [3.63, 3.8) is 0 Å². The van der Waals surface area contributed by atoms with E-state index in [2.05, 4.69) is 49.0 Å². The molecule has 0 aliphatic carbocycles. The highest BCUT2D eigenvalue weighted by molar-refractivity contribution is 9.10. The molecule has 0 fully saturated rings. The average Bonchev–Trinajstić information content (AvgIpc) is 2.34. The van der Waals surface area contributed by atoms with Crippen LogP contribution in [0.25, 0.3) is 0 Å². The van der Waals surface area contributed by atoms with Gasteiger partial charge in [-0.3, -0.25) is 4.99 Å². The summed E-state index contributed by atoms with van der Waals surface area (Å²) in [6.45, 7) is 0.712. The summed E-state index contributed by atoms with van der Waals surface area (Å²) in [5.41, 5.74) is 2.33. The molecule has 0 aliphatic rings. The molecule has 0 heterocycles. The molecule has 86 valence electrons. The van der Waals surface area contributed by atoms with Gasteiger partial charge in [-0.05, 0) is 35.4 Å². The maximum Gasteiger partial charge on any atom is 0.0639 e. The number of halogens is 2. The van der Waals surface area contributed by atoms with E-state index in [0.717, 1.165) is 14.5 Å². The molecular formula is C14H11Br2N. The van der Waals surface area contributed by atoms with Crippen LogP contribution in [0.4, 0.5) is 0 Å². The van der Waals surface area contributed by atoms with Gasteiger partial charge in [0.2, 0.25) is 0 Å². The molecule has 0 saturated heterocycles. The van der Waals surface area contributed by atoms with Crippen molar-refractivity contribution in [2.24, 2.45) is 4.99 Å². The van der Waals surface area contributed by atoms with Crippen molar-refractivity contribution >= 4 is 38.1 Å². The minimum Gasteiger partial charge on any atom is -0.288 e. The van der Waals surface area contributed by atoms with Gasteiger partial charge in [0.1, 0.15) is 0 Å². The first-order chi connectivity index (χ1) is 8.24. The van der Waals surface area contributed by atoms with E-state index in [1.54, 1.807) is 0 Å². The molecule has 0 aliphatic heterocycles. The van der Waals surface area contributed by atoms with Gasteiger partial charge in [0.05, 0.1) is 6.54 Å². The van der Waals surface area contributed by atoms with Crippen molar-refractivity contribution in [1.29, 1.82) is 0 Å². The van der Waals surface area contributed by atoms with Crippen molar-refractivity contribution in [2.75, 3.05) is 0 Å². The molecular weight excluding hydrogens is 342 g/mol. The predicted octanol–water partition coefficient (Wildman–Crippen LogP) is 4.83. The molecule has 17 heavy (non-hydrogen) atoms. The summed E-state index contributed by atoms with van der Waals surface area (Å²) in [5.74, 6) is 0. The Bertz CT molecular complexity index is 501. The molecule has 0 atom stereocenters. The maximum absolute atomic E-state index is 4.42. The number of rotatable bonds is 3. The quantitative estimate of drug-likeness (QED) is 0.701. The summed E-state index contributed by atoms with van der Waals surface area (Å²) in [4.78, 5) is 4.42. The molecule has 3 heteroatoms. The van der Waals surface area contributed by atoms with Crippen molar-refractivity contribution in [3.05, 3.63) is 68.6 Å². The van der Waals surface area contributed by atoms with Gasteiger partial charge in [0, 0.05) is 15.2 Å². The Kier molecular flexibility index (Phi) is 4.51. The smallest absolute Gasteiger partial charge is 0.0639 e. The van der Waals surface area contributed by atoms with Crippen LogP contribution >= 0.6 is 31.9 Å². The lowest BCUT2D eigenvalue weighted by Gasteiger charge is -1.97. The normalized spacial score (nSPS) is 10.9. The number of nitrogens with zero attached hydrogens (tertiary/aromatic N) is 1. The van der Waals surface area contributed by atoms with Gasteiger partial charge in [-0.1, -0.05) is 56.1 Å². The van der Waals surface area contributed by atoms with Crippen LogP contribution in [0.2, 0.25) is 0 Å². The second kappa shape index (κ2) is 6.12. The van der Waals surface area contributed by atoms with E-state index in [1.807, 2.05) is 42.6 Å². The van der Waals surface area contributed by atoms with Gasteiger partial charge in [0.15, 0.2) is 0 Å². The van der Waals surface area contributed by atoms with Gasteiger partial charge in [-0.2, -0.15) is 0 Å². The van der Waals surface area contributed by atoms with Crippen LogP contribution < -0.4 is 0 Å². The second-order valence-corrected chi connectivity index (χ2v) is 5.48. The first-order valence-corrected chi connectivity index (χ1v) is 6.82. The lowest BCUT2D eigenvalue weighted by atomic mass is 10.2. The highest BCUT2D eigenvalue weighted by atomic mass is 79.9. The fourth-order valence-corrected chi connectivity index (χ4v) is 1.92. The number of benzene rings is 2. The van der Waals surface area contributed by atoms with Gasteiger partial charge in [-0.25, -0.2) is 0 Å². The highest BCUT2D eigenvalue weighted by Crippen LogP contribution is 2.12. The fraction of sp³-hybridized carbons (Fsp3) is 0.0714. The first-order valence-electron chi connectivity index (χ1n) is 5.24. The van der Waals surface area contributed by atoms with E-state index < -0.39 is 0 Å². The number of hydrogen-bond acceptors (Lipinski definition) is 1.